The van der Waals surface area contributed by atoms with Crippen molar-refractivity contribution >= 4 is 22.2 Å². The maximum Gasteiger partial charge on any atom is 0.136 e. The van der Waals surface area contributed by atoms with Crippen molar-refractivity contribution < 1.29 is 5.11 Å². The van der Waals surface area contributed by atoms with Gasteiger partial charge in [0.25, 0.3) is 0 Å². The summed E-state index contributed by atoms with van der Waals surface area (Å²) in [4.78, 5) is 4.37. The Morgan fingerprint density at radius 1 is 1.63 bits per heavy atom. The van der Waals surface area contributed by atoms with E-state index in [2.05, 4.69) is 16.9 Å². The summed E-state index contributed by atoms with van der Waals surface area (Å²) in [5.41, 5.74) is 8.64. The summed E-state index contributed by atoms with van der Waals surface area (Å²) >= 11 is 1.56. The second kappa shape index (κ2) is 5.75. The zero-order chi connectivity index (χ0) is 13.8. The molecule has 0 saturated heterocycles. The molecule has 1 aliphatic carbocycles. The van der Waals surface area contributed by atoms with E-state index in [4.69, 9.17) is 5.73 Å². The largest absolute Gasteiger partial charge is 0.506 e. The molecule has 0 fully saturated rings. The van der Waals surface area contributed by atoms with E-state index >= 15 is 0 Å². The molecule has 0 radical (unpaired) electrons. The van der Waals surface area contributed by atoms with Gasteiger partial charge in [0.1, 0.15) is 16.6 Å². The zero-order valence-corrected chi connectivity index (χ0v) is 11.6. The molecule has 1 aromatic heterocycles. The van der Waals surface area contributed by atoms with Gasteiger partial charge in [0.2, 0.25) is 0 Å². The van der Waals surface area contributed by atoms with E-state index in [9.17, 15) is 5.11 Å². The Morgan fingerprint density at radius 2 is 2.42 bits per heavy atom. The SMILES string of the molecule is C=CNc1scc(C)c1C(N)=NC1=C(O)C=CCC1. The number of aliphatic hydroxyl groups excluding tert-OH is 1. The van der Waals surface area contributed by atoms with E-state index in [1.807, 2.05) is 18.4 Å². The number of aliphatic imine (C=N–C) groups is 1. The molecule has 19 heavy (non-hydrogen) atoms. The van der Waals surface area contributed by atoms with Crippen LogP contribution in [-0.4, -0.2) is 10.9 Å². The molecule has 2 rings (SSSR count). The predicted molar refractivity (Wildman–Crippen MR) is 81.6 cm³/mol. The Bertz CT molecular complexity index is 582. The highest BCUT2D eigenvalue weighted by Gasteiger charge is 2.14. The summed E-state index contributed by atoms with van der Waals surface area (Å²) < 4.78 is 0. The molecule has 0 aliphatic heterocycles. The van der Waals surface area contributed by atoms with Crippen LogP contribution in [0.15, 0.2) is 46.8 Å². The minimum absolute atomic E-state index is 0.195. The van der Waals surface area contributed by atoms with Gasteiger partial charge in [-0.05, 0) is 43.0 Å². The highest BCUT2D eigenvalue weighted by atomic mass is 32.1. The lowest BCUT2D eigenvalue weighted by Crippen LogP contribution is -2.16. The number of anilines is 1. The average Bonchev–Trinajstić information content (AvgIpc) is 2.74. The molecule has 0 unspecified atom stereocenters. The Kier molecular flexibility index (Phi) is 4.06. The molecule has 0 spiro atoms. The maximum atomic E-state index is 9.76. The Hall–Kier alpha value is -2.01. The normalized spacial score (nSPS) is 15.7. The molecule has 1 heterocycles. The number of aryl methyl sites for hydroxylation is 1. The number of amidine groups is 1. The van der Waals surface area contributed by atoms with Crippen LogP contribution in [0.2, 0.25) is 0 Å². The van der Waals surface area contributed by atoms with Gasteiger partial charge in [-0.2, -0.15) is 0 Å². The first-order valence-corrected chi connectivity index (χ1v) is 6.90. The first kappa shape index (κ1) is 13.4. The molecule has 0 amide bonds. The predicted octanol–water partition coefficient (Wildman–Crippen LogP) is 3.44. The van der Waals surface area contributed by atoms with Crippen LogP contribution in [0.25, 0.3) is 0 Å². The van der Waals surface area contributed by atoms with E-state index < -0.39 is 0 Å². The number of allylic oxidation sites excluding steroid dienone is 3. The van der Waals surface area contributed by atoms with Crippen LogP contribution in [0.4, 0.5) is 5.00 Å². The van der Waals surface area contributed by atoms with Gasteiger partial charge in [-0.1, -0.05) is 12.7 Å². The number of nitrogens with zero attached hydrogens (tertiary/aromatic N) is 1. The number of hydrogen-bond donors (Lipinski definition) is 3. The van der Waals surface area contributed by atoms with Gasteiger partial charge in [0, 0.05) is 0 Å². The first-order chi connectivity index (χ1) is 9.13. The third-order valence-corrected chi connectivity index (χ3v) is 3.87. The number of aliphatic hydroxyl groups is 1. The van der Waals surface area contributed by atoms with Crippen molar-refractivity contribution in [2.45, 2.75) is 19.8 Å². The number of thiophene rings is 1. The molecular formula is C14H17N3OS. The molecule has 4 N–H and O–H groups in total. The van der Waals surface area contributed by atoms with Crippen molar-refractivity contribution in [3.63, 3.8) is 0 Å². The van der Waals surface area contributed by atoms with Crippen LogP contribution in [0.5, 0.6) is 0 Å². The van der Waals surface area contributed by atoms with Gasteiger partial charge in [0.05, 0.1) is 11.3 Å². The van der Waals surface area contributed by atoms with Gasteiger partial charge in [-0.25, -0.2) is 4.99 Å². The Labute approximate surface area is 116 Å². The van der Waals surface area contributed by atoms with Crippen LogP contribution in [-0.2, 0) is 0 Å². The molecule has 100 valence electrons. The van der Waals surface area contributed by atoms with Gasteiger partial charge < -0.3 is 16.2 Å². The highest BCUT2D eigenvalue weighted by Crippen LogP contribution is 2.28. The first-order valence-electron chi connectivity index (χ1n) is 6.02. The van der Waals surface area contributed by atoms with Gasteiger partial charge in [-0.3, -0.25) is 0 Å². The highest BCUT2D eigenvalue weighted by molar-refractivity contribution is 7.14. The number of nitrogens with two attached hydrogens (primary N) is 1. The van der Waals surface area contributed by atoms with Crippen molar-refractivity contribution in [3.8, 4) is 0 Å². The summed E-state index contributed by atoms with van der Waals surface area (Å²) in [5.74, 6) is 0.611. The minimum atomic E-state index is 0.195. The Morgan fingerprint density at radius 3 is 3.11 bits per heavy atom. The molecule has 0 aromatic carbocycles. The molecular weight excluding hydrogens is 258 g/mol. The molecule has 5 heteroatoms. The van der Waals surface area contributed by atoms with Crippen LogP contribution in [0.3, 0.4) is 0 Å². The second-order valence-electron chi connectivity index (χ2n) is 4.24. The maximum absolute atomic E-state index is 9.76. The fraction of sp³-hybridized carbons (Fsp3) is 0.214. The average molecular weight is 275 g/mol. The lowest BCUT2D eigenvalue weighted by molar-refractivity contribution is 0.418. The number of nitrogens with one attached hydrogen (secondary N) is 1. The molecule has 1 aliphatic rings. The topological polar surface area (TPSA) is 70.6 Å². The lowest BCUT2D eigenvalue weighted by atomic mass is 10.1. The second-order valence-corrected chi connectivity index (χ2v) is 5.12. The summed E-state index contributed by atoms with van der Waals surface area (Å²) in [6.45, 7) is 5.63. The zero-order valence-electron chi connectivity index (χ0n) is 10.8. The van der Waals surface area contributed by atoms with E-state index in [0.29, 0.717) is 18.0 Å². The fourth-order valence-electron chi connectivity index (χ4n) is 1.92. The van der Waals surface area contributed by atoms with E-state index in [1.165, 1.54) is 0 Å². The lowest BCUT2D eigenvalue weighted by Gasteiger charge is -2.10. The smallest absolute Gasteiger partial charge is 0.136 e. The fourth-order valence-corrected chi connectivity index (χ4v) is 2.86. The minimum Gasteiger partial charge on any atom is -0.506 e. The van der Waals surface area contributed by atoms with Crippen LogP contribution >= 0.6 is 11.3 Å². The third kappa shape index (κ3) is 2.88. The van der Waals surface area contributed by atoms with Crippen LogP contribution < -0.4 is 11.1 Å². The van der Waals surface area contributed by atoms with Gasteiger partial charge >= 0.3 is 0 Å². The van der Waals surface area contributed by atoms with Crippen LogP contribution in [0.1, 0.15) is 24.0 Å². The summed E-state index contributed by atoms with van der Waals surface area (Å²) in [7, 11) is 0. The van der Waals surface area contributed by atoms with Gasteiger partial charge in [0.15, 0.2) is 0 Å². The summed E-state index contributed by atoms with van der Waals surface area (Å²) in [6.07, 6.45) is 6.78. The monoisotopic (exact) mass is 275 g/mol. The molecule has 0 saturated carbocycles. The van der Waals surface area contributed by atoms with Crippen molar-refractivity contribution in [2.24, 2.45) is 10.7 Å². The van der Waals surface area contributed by atoms with E-state index in [1.54, 1.807) is 23.6 Å². The van der Waals surface area contributed by atoms with Crippen molar-refractivity contribution in [1.82, 2.24) is 0 Å². The number of rotatable bonds is 4. The van der Waals surface area contributed by atoms with E-state index in [-0.39, 0.29) is 5.76 Å². The number of hydrogen-bond acceptors (Lipinski definition) is 4. The van der Waals surface area contributed by atoms with E-state index in [0.717, 1.165) is 22.5 Å². The molecule has 0 atom stereocenters. The van der Waals surface area contributed by atoms with Gasteiger partial charge in [-0.15, -0.1) is 11.3 Å². The quantitative estimate of drug-likeness (QED) is 0.582. The van der Waals surface area contributed by atoms with Crippen molar-refractivity contribution in [2.75, 3.05) is 5.32 Å². The van der Waals surface area contributed by atoms with Crippen molar-refractivity contribution in [1.29, 1.82) is 0 Å². The third-order valence-electron chi connectivity index (χ3n) is 2.84. The molecule has 0 bridgehead atoms. The summed E-state index contributed by atoms with van der Waals surface area (Å²) in [6, 6.07) is 0. The Balaban J connectivity index is 2.38. The van der Waals surface area contributed by atoms with Crippen molar-refractivity contribution in [3.05, 3.63) is 52.9 Å². The van der Waals surface area contributed by atoms with Crippen LogP contribution in [0, 0.1) is 6.92 Å². The summed E-state index contributed by atoms with van der Waals surface area (Å²) in [5, 5.41) is 15.7. The standard InChI is InChI=1S/C14H17N3OS/c1-3-16-14-12(9(2)8-19-14)13(15)17-10-6-4-5-7-11(10)18/h3,5,7-8,16,18H,1,4,6H2,2H3,(H2,15,17). The molecule has 4 nitrogen and oxygen atoms in total. The molecule has 1 aromatic rings.